The standard InChI is InChI=1S/C24H25NO3/c1-2-19-8-12-23(13-9-19)28-18-24(26)25-21-10-14-22(15-11-21)27-17-16-20-6-4-3-5-7-20/h3-15H,2,16-18H2,1H3,(H,25,26). The Morgan fingerprint density at radius 3 is 2.11 bits per heavy atom. The molecule has 0 heterocycles. The molecule has 4 heteroatoms. The van der Waals surface area contributed by atoms with Crippen molar-refractivity contribution in [2.24, 2.45) is 0 Å². The van der Waals surface area contributed by atoms with Crippen LogP contribution in [-0.2, 0) is 17.6 Å². The van der Waals surface area contributed by atoms with Crippen molar-refractivity contribution in [3.05, 3.63) is 90.0 Å². The quantitative estimate of drug-likeness (QED) is 0.579. The second-order valence-electron chi connectivity index (χ2n) is 6.44. The van der Waals surface area contributed by atoms with Crippen molar-refractivity contribution in [2.75, 3.05) is 18.5 Å². The number of carbonyl (C=O) groups excluding carboxylic acids is 1. The van der Waals surface area contributed by atoms with Crippen LogP contribution in [0.25, 0.3) is 0 Å². The molecule has 0 fully saturated rings. The summed E-state index contributed by atoms with van der Waals surface area (Å²) < 4.78 is 11.3. The van der Waals surface area contributed by atoms with Crippen LogP contribution in [0.2, 0.25) is 0 Å². The predicted octanol–water partition coefficient (Wildman–Crippen LogP) is 4.89. The van der Waals surface area contributed by atoms with Crippen LogP contribution < -0.4 is 14.8 Å². The van der Waals surface area contributed by atoms with E-state index < -0.39 is 0 Å². The molecule has 0 aliphatic heterocycles. The van der Waals surface area contributed by atoms with Gasteiger partial charge in [0.1, 0.15) is 11.5 Å². The molecule has 0 aliphatic carbocycles. The van der Waals surface area contributed by atoms with E-state index in [-0.39, 0.29) is 12.5 Å². The Hall–Kier alpha value is -3.27. The van der Waals surface area contributed by atoms with Crippen LogP contribution >= 0.6 is 0 Å². The maximum Gasteiger partial charge on any atom is 0.262 e. The van der Waals surface area contributed by atoms with Gasteiger partial charge in [0, 0.05) is 12.1 Å². The molecule has 4 nitrogen and oxygen atoms in total. The normalized spacial score (nSPS) is 10.3. The van der Waals surface area contributed by atoms with Gasteiger partial charge in [0.15, 0.2) is 6.61 Å². The minimum absolute atomic E-state index is 0.0270. The van der Waals surface area contributed by atoms with Gasteiger partial charge in [-0.05, 0) is 53.9 Å². The lowest BCUT2D eigenvalue weighted by atomic mass is 10.2. The summed E-state index contributed by atoms with van der Waals surface area (Å²) in [4.78, 5) is 12.1. The van der Waals surface area contributed by atoms with Crippen molar-refractivity contribution >= 4 is 11.6 Å². The zero-order valence-corrected chi connectivity index (χ0v) is 16.1. The largest absolute Gasteiger partial charge is 0.493 e. The Bertz CT molecular complexity index is 859. The van der Waals surface area contributed by atoms with Crippen LogP contribution in [0.4, 0.5) is 5.69 Å². The van der Waals surface area contributed by atoms with Gasteiger partial charge in [-0.1, -0.05) is 49.4 Å². The summed E-state index contributed by atoms with van der Waals surface area (Å²) in [6.45, 7) is 2.68. The summed E-state index contributed by atoms with van der Waals surface area (Å²) in [7, 11) is 0. The van der Waals surface area contributed by atoms with Crippen LogP contribution in [0.5, 0.6) is 11.5 Å². The number of amides is 1. The van der Waals surface area contributed by atoms with Crippen molar-refractivity contribution in [3.63, 3.8) is 0 Å². The minimum Gasteiger partial charge on any atom is -0.493 e. The molecule has 0 aromatic heterocycles. The third kappa shape index (κ3) is 6.16. The lowest BCUT2D eigenvalue weighted by molar-refractivity contribution is -0.118. The van der Waals surface area contributed by atoms with Crippen molar-refractivity contribution < 1.29 is 14.3 Å². The molecule has 1 N–H and O–H groups in total. The average molecular weight is 375 g/mol. The van der Waals surface area contributed by atoms with E-state index in [0.717, 1.165) is 18.6 Å². The maximum absolute atomic E-state index is 12.1. The van der Waals surface area contributed by atoms with Crippen LogP contribution in [-0.4, -0.2) is 19.1 Å². The van der Waals surface area contributed by atoms with E-state index in [4.69, 9.17) is 9.47 Å². The highest BCUT2D eigenvalue weighted by atomic mass is 16.5. The summed E-state index contributed by atoms with van der Waals surface area (Å²) in [5.41, 5.74) is 3.20. The third-order valence-corrected chi connectivity index (χ3v) is 4.34. The number of carbonyl (C=O) groups is 1. The Kier molecular flexibility index (Phi) is 7.08. The summed E-state index contributed by atoms with van der Waals surface area (Å²) in [6.07, 6.45) is 1.84. The van der Waals surface area contributed by atoms with Crippen molar-refractivity contribution in [1.29, 1.82) is 0 Å². The zero-order valence-electron chi connectivity index (χ0n) is 16.1. The molecule has 0 radical (unpaired) electrons. The fourth-order valence-electron chi connectivity index (χ4n) is 2.73. The first-order chi connectivity index (χ1) is 13.7. The topological polar surface area (TPSA) is 47.6 Å². The van der Waals surface area contributed by atoms with E-state index in [9.17, 15) is 4.79 Å². The molecule has 0 unspecified atom stereocenters. The van der Waals surface area contributed by atoms with Crippen molar-refractivity contribution in [3.8, 4) is 11.5 Å². The molecular formula is C24H25NO3. The lowest BCUT2D eigenvalue weighted by Crippen LogP contribution is -2.20. The Labute approximate surface area is 166 Å². The first-order valence-electron chi connectivity index (χ1n) is 9.51. The van der Waals surface area contributed by atoms with Gasteiger partial charge in [-0.15, -0.1) is 0 Å². The van der Waals surface area contributed by atoms with Crippen LogP contribution in [0.15, 0.2) is 78.9 Å². The molecule has 0 atom stereocenters. The van der Waals surface area contributed by atoms with Gasteiger partial charge in [-0.25, -0.2) is 0 Å². The summed E-state index contributed by atoms with van der Waals surface area (Å²) in [5.74, 6) is 1.27. The van der Waals surface area contributed by atoms with Gasteiger partial charge >= 0.3 is 0 Å². The van der Waals surface area contributed by atoms with Crippen molar-refractivity contribution in [1.82, 2.24) is 0 Å². The number of nitrogens with one attached hydrogen (secondary N) is 1. The van der Waals surface area contributed by atoms with Gasteiger partial charge < -0.3 is 14.8 Å². The monoisotopic (exact) mass is 375 g/mol. The van der Waals surface area contributed by atoms with Gasteiger partial charge in [-0.3, -0.25) is 4.79 Å². The lowest BCUT2D eigenvalue weighted by Gasteiger charge is -2.10. The Morgan fingerprint density at radius 2 is 1.43 bits per heavy atom. The molecule has 3 rings (SSSR count). The van der Waals surface area contributed by atoms with Crippen LogP contribution in [0.3, 0.4) is 0 Å². The summed E-state index contributed by atoms with van der Waals surface area (Å²) >= 11 is 0. The Balaban J connectivity index is 1.40. The first-order valence-corrected chi connectivity index (χ1v) is 9.51. The van der Waals surface area contributed by atoms with E-state index in [1.807, 2.05) is 66.7 Å². The van der Waals surface area contributed by atoms with E-state index in [2.05, 4.69) is 24.4 Å². The molecule has 3 aromatic rings. The second kappa shape index (κ2) is 10.2. The van der Waals surface area contributed by atoms with Gasteiger partial charge in [0.2, 0.25) is 0 Å². The molecule has 0 bridgehead atoms. The predicted molar refractivity (Wildman–Crippen MR) is 112 cm³/mol. The fraction of sp³-hybridized carbons (Fsp3) is 0.208. The average Bonchev–Trinajstić information content (AvgIpc) is 2.75. The number of ether oxygens (including phenoxy) is 2. The molecule has 3 aromatic carbocycles. The van der Waals surface area contributed by atoms with Gasteiger partial charge in [0.25, 0.3) is 5.91 Å². The van der Waals surface area contributed by atoms with Crippen LogP contribution in [0, 0.1) is 0 Å². The SMILES string of the molecule is CCc1ccc(OCC(=O)Nc2ccc(OCCc3ccccc3)cc2)cc1. The molecule has 1 amide bonds. The number of rotatable bonds is 9. The summed E-state index contributed by atoms with van der Waals surface area (Å²) in [6, 6.07) is 25.4. The number of hydrogen-bond donors (Lipinski definition) is 1. The van der Waals surface area contributed by atoms with Gasteiger partial charge in [-0.2, -0.15) is 0 Å². The van der Waals surface area contributed by atoms with Crippen molar-refractivity contribution in [2.45, 2.75) is 19.8 Å². The molecule has 0 aliphatic rings. The number of hydrogen-bond acceptors (Lipinski definition) is 3. The highest BCUT2D eigenvalue weighted by Crippen LogP contribution is 2.17. The third-order valence-electron chi connectivity index (χ3n) is 4.34. The smallest absolute Gasteiger partial charge is 0.262 e. The Morgan fingerprint density at radius 1 is 0.786 bits per heavy atom. The highest BCUT2D eigenvalue weighted by Gasteiger charge is 2.04. The van der Waals surface area contributed by atoms with E-state index in [1.165, 1.54) is 11.1 Å². The maximum atomic E-state index is 12.1. The second-order valence-corrected chi connectivity index (χ2v) is 6.44. The van der Waals surface area contributed by atoms with Gasteiger partial charge in [0.05, 0.1) is 6.61 Å². The molecule has 28 heavy (non-hydrogen) atoms. The molecular weight excluding hydrogens is 350 g/mol. The van der Waals surface area contributed by atoms with Crippen LogP contribution in [0.1, 0.15) is 18.1 Å². The van der Waals surface area contributed by atoms with E-state index >= 15 is 0 Å². The summed E-state index contributed by atoms with van der Waals surface area (Å²) in [5, 5.41) is 2.82. The van der Waals surface area contributed by atoms with E-state index in [0.29, 0.717) is 18.0 Å². The molecule has 0 spiro atoms. The molecule has 0 saturated carbocycles. The van der Waals surface area contributed by atoms with E-state index in [1.54, 1.807) is 0 Å². The number of aryl methyl sites for hydroxylation is 1. The minimum atomic E-state index is -0.197. The first kappa shape index (κ1) is 19.5. The highest BCUT2D eigenvalue weighted by molar-refractivity contribution is 5.91. The molecule has 0 saturated heterocycles. The number of benzene rings is 3. The fourth-order valence-corrected chi connectivity index (χ4v) is 2.73. The molecule has 144 valence electrons. The number of anilines is 1. The zero-order chi connectivity index (χ0) is 19.6.